The molecule has 1 heterocycles. The molecule has 0 aliphatic heterocycles. The number of aromatic carboxylic acids is 1. The fourth-order valence-corrected chi connectivity index (χ4v) is 2.11. The molecule has 1 aromatic carbocycles. The molecule has 1 atom stereocenters. The molecule has 2 rings (SSSR count). The largest absolute Gasteiger partial charge is 0.478 e. The molecule has 0 saturated heterocycles. The van der Waals surface area contributed by atoms with Crippen molar-refractivity contribution in [1.29, 1.82) is 5.26 Å². The molecule has 0 amide bonds. The van der Waals surface area contributed by atoms with Crippen LogP contribution in [0.15, 0.2) is 30.5 Å². The first-order valence-electron chi connectivity index (χ1n) is 6.27. The van der Waals surface area contributed by atoms with Crippen LogP contribution in [0.1, 0.15) is 23.7 Å². The summed E-state index contributed by atoms with van der Waals surface area (Å²) < 4.78 is 0. The molecule has 1 unspecified atom stereocenters. The molecule has 1 N–H and O–H groups in total. The summed E-state index contributed by atoms with van der Waals surface area (Å²) in [7, 11) is 1.86. The Labute approximate surface area is 117 Å². The molecule has 0 radical (unpaired) electrons. The summed E-state index contributed by atoms with van der Waals surface area (Å²) in [5, 5.41) is 19.4. The van der Waals surface area contributed by atoms with E-state index in [-0.39, 0.29) is 11.6 Å². The maximum Gasteiger partial charge on any atom is 0.337 e. The molecule has 5 nitrogen and oxygen atoms in total. The second kappa shape index (κ2) is 5.57. The molecule has 20 heavy (non-hydrogen) atoms. The lowest BCUT2D eigenvalue weighted by Crippen LogP contribution is -2.29. The number of carboxylic acid groups (broad SMARTS) is 1. The number of nitriles is 1. The van der Waals surface area contributed by atoms with Gasteiger partial charge in [-0.05, 0) is 6.92 Å². The normalized spacial score (nSPS) is 11.8. The van der Waals surface area contributed by atoms with E-state index in [1.54, 1.807) is 12.1 Å². The standard InChI is InChI=1S/C15H15N3O2/c1-10(7-8-16)18(2)14-12-6-4-3-5-11(12)13(9-17-14)15(19)20/h3-6,9-10H,7H2,1-2H3,(H,19,20). The summed E-state index contributed by atoms with van der Waals surface area (Å²) >= 11 is 0. The Morgan fingerprint density at radius 3 is 2.70 bits per heavy atom. The van der Waals surface area contributed by atoms with Crippen LogP contribution in [0.5, 0.6) is 0 Å². The molecular formula is C15H15N3O2. The van der Waals surface area contributed by atoms with E-state index >= 15 is 0 Å². The van der Waals surface area contributed by atoms with E-state index < -0.39 is 5.97 Å². The van der Waals surface area contributed by atoms with E-state index in [1.165, 1.54) is 6.20 Å². The highest BCUT2D eigenvalue weighted by atomic mass is 16.4. The molecule has 0 saturated carbocycles. The van der Waals surface area contributed by atoms with E-state index in [0.29, 0.717) is 17.6 Å². The Hall–Kier alpha value is -2.61. The Kier molecular flexibility index (Phi) is 3.85. The van der Waals surface area contributed by atoms with Crippen LogP contribution in [-0.2, 0) is 0 Å². The highest BCUT2D eigenvalue weighted by molar-refractivity contribution is 6.06. The van der Waals surface area contributed by atoms with Gasteiger partial charge in [-0.1, -0.05) is 24.3 Å². The number of benzene rings is 1. The van der Waals surface area contributed by atoms with Gasteiger partial charge >= 0.3 is 5.97 Å². The van der Waals surface area contributed by atoms with E-state index in [2.05, 4.69) is 11.1 Å². The van der Waals surface area contributed by atoms with Gasteiger partial charge in [-0.15, -0.1) is 0 Å². The van der Waals surface area contributed by atoms with Crippen LogP contribution < -0.4 is 4.90 Å². The number of hydrogen-bond donors (Lipinski definition) is 1. The zero-order chi connectivity index (χ0) is 14.7. The Bertz CT molecular complexity index is 691. The lowest BCUT2D eigenvalue weighted by Gasteiger charge is -2.25. The number of pyridine rings is 1. The third-order valence-electron chi connectivity index (χ3n) is 3.39. The van der Waals surface area contributed by atoms with Crippen LogP contribution in [-0.4, -0.2) is 29.1 Å². The predicted molar refractivity (Wildman–Crippen MR) is 76.8 cm³/mol. The number of carbonyl (C=O) groups is 1. The van der Waals surface area contributed by atoms with Crippen molar-refractivity contribution in [3.05, 3.63) is 36.0 Å². The van der Waals surface area contributed by atoms with Crippen LogP contribution in [0.4, 0.5) is 5.82 Å². The molecule has 5 heteroatoms. The molecular weight excluding hydrogens is 254 g/mol. The Balaban J connectivity index is 2.59. The van der Waals surface area contributed by atoms with Crippen LogP contribution in [0.25, 0.3) is 10.8 Å². The molecule has 2 aromatic rings. The number of carboxylic acids is 1. The van der Waals surface area contributed by atoms with Gasteiger partial charge in [0.25, 0.3) is 0 Å². The zero-order valence-electron chi connectivity index (χ0n) is 11.4. The third kappa shape index (κ3) is 2.41. The number of anilines is 1. The van der Waals surface area contributed by atoms with Crippen LogP contribution in [0.2, 0.25) is 0 Å². The molecule has 0 aliphatic rings. The number of rotatable bonds is 4. The van der Waals surface area contributed by atoms with Crippen molar-refractivity contribution in [2.24, 2.45) is 0 Å². The second-order valence-electron chi connectivity index (χ2n) is 4.67. The second-order valence-corrected chi connectivity index (χ2v) is 4.67. The number of hydrogen-bond acceptors (Lipinski definition) is 4. The minimum Gasteiger partial charge on any atom is -0.478 e. The highest BCUT2D eigenvalue weighted by Gasteiger charge is 2.17. The van der Waals surface area contributed by atoms with Gasteiger partial charge in [0.15, 0.2) is 0 Å². The fraction of sp³-hybridized carbons (Fsp3) is 0.267. The van der Waals surface area contributed by atoms with Crippen LogP contribution in [0, 0.1) is 11.3 Å². The lowest BCUT2D eigenvalue weighted by molar-refractivity contribution is 0.0698. The van der Waals surface area contributed by atoms with Gasteiger partial charge in [0.05, 0.1) is 18.1 Å². The monoisotopic (exact) mass is 269 g/mol. The summed E-state index contributed by atoms with van der Waals surface area (Å²) in [5.74, 6) is -0.304. The van der Waals surface area contributed by atoms with E-state index in [9.17, 15) is 9.90 Å². The quantitative estimate of drug-likeness (QED) is 0.923. The summed E-state index contributed by atoms with van der Waals surface area (Å²) in [5.41, 5.74) is 0.186. The van der Waals surface area contributed by atoms with E-state index in [4.69, 9.17) is 5.26 Å². The number of fused-ring (bicyclic) bond motifs is 1. The Morgan fingerprint density at radius 2 is 2.10 bits per heavy atom. The molecule has 0 bridgehead atoms. The van der Waals surface area contributed by atoms with Gasteiger partial charge in [0.2, 0.25) is 0 Å². The Morgan fingerprint density at radius 1 is 1.45 bits per heavy atom. The van der Waals surface area contributed by atoms with Gasteiger partial charge in [-0.2, -0.15) is 5.26 Å². The minimum atomic E-state index is -0.993. The van der Waals surface area contributed by atoms with E-state index in [0.717, 1.165) is 5.39 Å². The molecule has 0 aliphatic carbocycles. The van der Waals surface area contributed by atoms with Crippen LogP contribution >= 0.6 is 0 Å². The van der Waals surface area contributed by atoms with Crippen molar-refractivity contribution in [3.8, 4) is 6.07 Å². The van der Waals surface area contributed by atoms with E-state index in [1.807, 2.05) is 31.0 Å². The molecule has 1 aromatic heterocycles. The lowest BCUT2D eigenvalue weighted by atomic mass is 10.1. The first-order chi connectivity index (χ1) is 9.56. The van der Waals surface area contributed by atoms with Gasteiger partial charge in [-0.25, -0.2) is 9.78 Å². The molecule has 102 valence electrons. The third-order valence-corrected chi connectivity index (χ3v) is 3.39. The molecule has 0 spiro atoms. The summed E-state index contributed by atoms with van der Waals surface area (Å²) in [6.07, 6.45) is 1.75. The average molecular weight is 269 g/mol. The van der Waals surface area contributed by atoms with Gasteiger partial charge in [0.1, 0.15) is 5.82 Å². The van der Waals surface area contributed by atoms with Crippen molar-refractivity contribution in [1.82, 2.24) is 4.98 Å². The number of nitrogens with zero attached hydrogens (tertiary/aromatic N) is 3. The van der Waals surface area contributed by atoms with Crippen molar-refractivity contribution in [3.63, 3.8) is 0 Å². The van der Waals surface area contributed by atoms with Gasteiger partial charge in [-0.3, -0.25) is 0 Å². The summed E-state index contributed by atoms with van der Waals surface area (Å²) in [6.45, 7) is 1.94. The maximum atomic E-state index is 11.2. The van der Waals surface area contributed by atoms with Gasteiger partial charge in [0, 0.05) is 30.1 Å². The van der Waals surface area contributed by atoms with Gasteiger partial charge < -0.3 is 10.0 Å². The first kappa shape index (κ1) is 13.8. The SMILES string of the molecule is CC(CC#N)N(C)c1ncc(C(=O)O)c2ccccc12. The zero-order valence-corrected chi connectivity index (χ0v) is 11.4. The van der Waals surface area contributed by atoms with Crippen molar-refractivity contribution in [2.75, 3.05) is 11.9 Å². The average Bonchev–Trinajstić information content (AvgIpc) is 2.45. The summed E-state index contributed by atoms with van der Waals surface area (Å²) in [6, 6.07) is 9.41. The van der Waals surface area contributed by atoms with Crippen LogP contribution in [0.3, 0.4) is 0 Å². The van der Waals surface area contributed by atoms with Crippen molar-refractivity contribution in [2.45, 2.75) is 19.4 Å². The maximum absolute atomic E-state index is 11.2. The predicted octanol–water partition coefficient (Wildman–Crippen LogP) is 2.67. The first-order valence-corrected chi connectivity index (χ1v) is 6.27. The van der Waals surface area contributed by atoms with Crippen molar-refractivity contribution < 1.29 is 9.90 Å². The summed E-state index contributed by atoms with van der Waals surface area (Å²) in [4.78, 5) is 17.4. The topological polar surface area (TPSA) is 77.2 Å². The fourth-order valence-electron chi connectivity index (χ4n) is 2.11. The highest BCUT2D eigenvalue weighted by Crippen LogP contribution is 2.27. The number of aromatic nitrogens is 1. The van der Waals surface area contributed by atoms with Crippen molar-refractivity contribution >= 4 is 22.6 Å². The molecule has 0 fully saturated rings. The smallest absolute Gasteiger partial charge is 0.337 e. The minimum absolute atomic E-state index is 0.00610.